The number of aromatic nitrogens is 2. The number of amides is 1. The smallest absolute Gasteiger partial charge is 0.233 e. The molecule has 0 radical (unpaired) electrons. The van der Waals surface area contributed by atoms with Gasteiger partial charge in [-0.2, -0.15) is 0 Å². The Bertz CT molecular complexity index is 978. The van der Waals surface area contributed by atoms with E-state index >= 15 is 0 Å². The first-order valence-corrected chi connectivity index (χ1v) is 11.5. The summed E-state index contributed by atoms with van der Waals surface area (Å²) >= 11 is 1.51. The molecule has 1 aromatic heterocycles. The molecule has 1 saturated heterocycles. The van der Waals surface area contributed by atoms with Gasteiger partial charge in [-0.1, -0.05) is 62.0 Å². The molecule has 0 spiro atoms. The van der Waals surface area contributed by atoms with Gasteiger partial charge in [0, 0.05) is 44.3 Å². The van der Waals surface area contributed by atoms with Gasteiger partial charge in [0.2, 0.25) is 5.91 Å². The molecule has 1 amide bonds. The van der Waals surface area contributed by atoms with Crippen molar-refractivity contribution in [1.29, 1.82) is 0 Å². The van der Waals surface area contributed by atoms with Crippen molar-refractivity contribution in [3.05, 3.63) is 72.6 Å². The second-order valence-electron chi connectivity index (χ2n) is 7.79. The Morgan fingerprint density at radius 2 is 1.70 bits per heavy atom. The Kier molecular flexibility index (Phi) is 6.43. The number of carbonyl (C=O) groups excluding carboxylic acids is 1. The van der Waals surface area contributed by atoms with Crippen LogP contribution in [0, 0.1) is 0 Å². The van der Waals surface area contributed by atoms with Gasteiger partial charge in [-0.05, 0) is 29.7 Å². The summed E-state index contributed by atoms with van der Waals surface area (Å²) < 4.78 is 2.10. The molecule has 0 aliphatic carbocycles. The van der Waals surface area contributed by atoms with Crippen LogP contribution in [0.4, 0.5) is 5.69 Å². The molecule has 1 aliphatic rings. The van der Waals surface area contributed by atoms with Gasteiger partial charge in [0.15, 0.2) is 5.16 Å². The molecule has 2 heterocycles. The molecule has 156 valence electrons. The molecule has 4 rings (SSSR count). The van der Waals surface area contributed by atoms with Crippen molar-refractivity contribution in [1.82, 2.24) is 14.5 Å². The highest BCUT2D eigenvalue weighted by atomic mass is 32.2. The Hall–Kier alpha value is -2.73. The molecule has 0 N–H and O–H groups in total. The van der Waals surface area contributed by atoms with Crippen molar-refractivity contribution in [3.63, 3.8) is 0 Å². The molecular formula is C24H28N4OS. The topological polar surface area (TPSA) is 41.4 Å². The molecular weight excluding hydrogens is 392 g/mol. The van der Waals surface area contributed by atoms with E-state index in [9.17, 15) is 4.79 Å². The minimum absolute atomic E-state index is 0.180. The summed E-state index contributed by atoms with van der Waals surface area (Å²) in [7, 11) is 0. The van der Waals surface area contributed by atoms with E-state index in [1.165, 1.54) is 23.0 Å². The zero-order valence-electron chi connectivity index (χ0n) is 17.6. The van der Waals surface area contributed by atoms with Gasteiger partial charge in [0.25, 0.3) is 0 Å². The van der Waals surface area contributed by atoms with Crippen molar-refractivity contribution in [2.24, 2.45) is 0 Å². The fraction of sp³-hybridized carbons (Fsp3) is 0.333. The first-order valence-electron chi connectivity index (χ1n) is 10.5. The van der Waals surface area contributed by atoms with Gasteiger partial charge < -0.3 is 9.80 Å². The Balaban J connectivity index is 1.37. The zero-order chi connectivity index (χ0) is 20.9. The maximum Gasteiger partial charge on any atom is 0.233 e. The van der Waals surface area contributed by atoms with Crippen LogP contribution in [-0.4, -0.2) is 52.3 Å². The highest BCUT2D eigenvalue weighted by molar-refractivity contribution is 7.99. The van der Waals surface area contributed by atoms with E-state index in [1.807, 2.05) is 29.4 Å². The number of carbonyl (C=O) groups is 1. The SMILES string of the molecule is CC(C)c1ccccc1-n1ccnc1SCC(=O)N1CCN(c2ccccc2)CC1. The monoisotopic (exact) mass is 420 g/mol. The molecule has 0 bridgehead atoms. The minimum Gasteiger partial charge on any atom is -0.368 e. The Morgan fingerprint density at radius 1 is 1.00 bits per heavy atom. The van der Waals surface area contributed by atoms with E-state index in [4.69, 9.17) is 0 Å². The highest BCUT2D eigenvalue weighted by Crippen LogP contribution is 2.27. The standard InChI is InChI=1S/C24H28N4OS/c1-19(2)21-10-6-7-11-22(21)28-13-12-25-24(28)30-18-23(29)27-16-14-26(15-17-27)20-8-4-3-5-9-20/h3-13,19H,14-18H2,1-2H3. The summed E-state index contributed by atoms with van der Waals surface area (Å²) in [6.45, 7) is 7.66. The van der Waals surface area contributed by atoms with Crippen LogP contribution < -0.4 is 4.90 Å². The Labute approximate surface area is 182 Å². The lowest BCUT2D eigenvalue weighted by Gasteiger charge is -2.36. The summed E-state index contributed by atoms with van der Waals surface area (Å²) in [6, 6.07) is 18.8. The van der Waals surface area contributed by atoms with E-state index in [1.54, 1.807) is 0 Å². The van der Waals surface area contributed by atoms with Crippen LogP contribution in [-0.2, 0) is 4.79 Å². The quantitative estimate of drug-likeness (QED) is 0.553. The van der Waals surface area contributed by atoms with Crippen LogP contribution in [0.1, 0.15) is 25.3 Å². The van der Waals surface area contributed by atoms with E-state index < -0.39 is 0 Å². The lowest BCUT2D eigenvalue weighted by atomic mass is 10.0. The number of hydrogen-bond donors (Lipinski definition) is 0. The van der Waals surface area contributed by atoms with Crippen molar-refractivity contribution in [3.8, 4) is 5.69 Å². The van der Waals surface area contributed by atoms with E-state index in [0.717, 1.165) is 37.0 Å². The normalized spacial score (nSPS) is 14.4. The fourth-order valence-corrected chi connectivity index (χ4v) is 4.71. The summed E-state index contributed by atoms with van der Waals surface area (Å²) in [5, 5.41) is 0.861. The van der Waals surface area contributed by atoms with Crippen LogP contribution in [0.25, 0.3) is 5.69 Å². The summed E-state index contributed by atoms with van der Waals surface area (Å²) in [5.74, 6) is 1.01. The lowest BCUT2D eigenvalue weighted by molar-refractivity contribution is -0.128. The second kappa shape index (κ2) is 9.39. The number of benzene rings is 2. The number of imidazole rings is 1. The van der Waals surface area contributed by atoms with Gasteiger partial charge in [-0.3, -0.25) is 9.36 Å². The highest BCUT2D eigenvalue weighted by Gasteiger charge is 2.22. The third-order valence-corrected chi connectivity index (χ3v) is 6.46. The molecule has 2 aromatic carbocycles. The molecule has 1 aliphatic heterocycles. The fourth-order valence-electron chi connectivity index (χ4n) is 3.85. The maximum atomic E-state index is 12.8. The van der Waals surface area contributed by atoms with Gasteiger partial charge in [-0.25, -0.2) is 4.98 Å². The van der Waals surface area contributed by atoms with Crippen molar-refractivity contribution < 1.29 is 4.79 Å². The molecule has 6 heteroatoms. The molecule has 30 heavy (non-hydrogen) atoms. The zero-order valence-corrected chi connectivity index (χ0v) is 18.4. The average Bonchev–Trinajstić information content (AvgIpc) is 3.26. The van der Waals surface area contributed by atoms with Crippen molar-refractivity contribution in [2.45, 2.75) is 24.9 Å². The van der Waals surface area contributed by atoms with E-state index in [2.05, 4.69) is 70.8 Å². The number of thioether (sulfide) groups is 1. The predicted octanol–water partition coefficient (Wildman–Crippen LogP) is 4.44. The van der Waals surface area contributed by atoms with Crippen molar-refractivity contribution in [2.75, 3.05) is 36.8 Å². The van der Waals surface area contributed by atoms with Crippen LogP contribution >= 0.6 is 11.8 Å². The number of nitrogens with zero attached hydrogens (tertiary/aromatic N) is 4. The summed E-state index contributed by atoms with van der Waals surface area (Å²) in [6.07, 6.45) is 3.79. The van der Waals surface area contributed by atoms with Crippen LogP contribution in [0.15, 0.2) is 72.1 Å². The molecule has 0 atom stereocenters. The number of hydrogen-bond acceptors (Lipinski definition) is 4. The molecule has 0 unspecified atom stereocenters. The number of rotatable bonds is 6. The van der Waals surface area contributed by atoms with E-state index in [0.29, 0.717) is 11.7 Å². The summed E-state index contributed by atoms with van der Waals surface area (Å²) in [4.78, 5) is 21.6. The number of anilines is 1. The molecule has 1 fully saturated rings. The number of para-hydroxylation sites is 2. The third-order valence-electron chi connectivity index (χ3n) is 5.50. The van der Waals surface area contributed by atoms with Crippen LogP contribution in [0.3, 0.4) is 0 Å². The van der Waals surface area contributed by atoms with Gasteiger partial charge in [0.05, 0.1) is 11.4 Å². The molecule has 0 saturated carbocycles. The van der Waals surface area contributed by atoms with Crippen LogP contribution in [0.2, 0.25) is 0 Å². The number of piperazine rings is 1. The van der Waals surface area contributed by atoms with Gasteiger partial charge in [0.1, 0.15) is 0 Å². The van der Waals surface area contributed by atoms with Gasteiger partial charge in [-0.15, -0.1) is 0 Å². The lowest BCUT2D eigenvalue weighted by Crippen LogP contribution is -2.49. The predicted molar refractivity (Wildman–Crippen MR) is 124 cm³/mol. The first-order chi connectivity index (χ1) is 14.6. The summed E-state index contributed by atoms with van der Waals surface area (Å²) in [5.41, 5.74) is 3.64. The largest absolute Gasteiger partial charge is 0.368 e. The van der Waals surface area contributed by atoms with Crippen LogP contribution in [0.5, 0.6) is 0 Å². The van der Waals surface area contributed by atoms with Crippen molar-refractivity contribution >= 4 is 23.4 Å². The average molecular weight is 421 g/mol. The molecule has 3 aromatic rings. The Morgan fingerprint density at radius 3 is 2.43 bits per heavy atom. The molecule has 5 nitrogen and oxygen atoms in total. The minimum atomic E-state index is 0.180. The maximum absolute atomic E-state index is 12.8. The third kappa shape index (κ3) is 4.54. The first kappa shape index (κ1) is 20.5. The van der Waals surface area contributed by atoms with Gasteiger partial charge >= 0.3 is 0 Å². The van der Waals surface area contributed by atoms with E-state index in [-0.39, 0.29) is 5.91 Å². The second-order valence-corrected chi connectivity index (χ2v) is 8.73.